The molecule has 110 valence electrons. The summed E-state index contributed by atoms with van der Waals surface area (Å²) in [5, 5.41) is 0. The quantitative estimate of drug-likeness (QED) is 0.737. The molecule has 2 aromatic rings. The molecule has 0 bridgehead atoms. The summed E-state index contributed by atoms with van der Waals surface area (Å²) >= 11 is 0. The first-order valence-corrected chi connectivity index (χ1v) is 7.22. The van der Waals surface area contributed by atoms with E-state index in [-0.39, 0.29) is 11.7 Å². The molecule has 0 aliphatic rings. The van der Waals surface area contributed by atoms with E-state index in [1.54, 1.807) is 11.9 Å². The number of carbonyl (C=O) groups is 1. The van der Waals surface area contributed by atoms with Crippen LogP contribution in [0, 0.1) is 5.82 Å². The summed E-state index contributed by atoms with van der Waals surface area (Å²) in [5.74, 6) is -0.383. The summed E-state index contributed by atoms with van der Waals surface area (Å²) in [5.41, 5.74) is 1.85. The fourth-order valence-electron chi connectivity index (χ4n) is 2.24. The fourth-order valence-corrected chi connectivity index (χ4v) is 2.24. The Kier molecular flexibility index (Phi) is 5.50. The van der Waals surface area contributed by atoms with Gasteiger partial charge in [0.15, 0.2) is 0 Å². The number of hydrogen-bond donors (Lipinski definition) is 0. The van der Waals surface area contributed by atoms with Crippen LogP contribution in [0.5, 0.6) is 0 Å². The van der Waals surface area contributed by atoms with E-state index >= 15 is 0 Å². The zero-order chi connectivity index (χ0) is 15.1. The monoisotopic (exact) mass is 285 g/mol. The molecule has 2 rings (SSSR count). The number of halogens is 1. The molecule has 0 aliphatic carbocycles. The SMILES string of the molecule is CN(CCCCc1ccccc1)C(=O)c1ccc(F)cc1. The van der Waals surface area contributed by atoms with Crippen molar-refractivity contribution in [1.29, 1.82) is 0 Å². The predicted molar refractivity (Wildman–Crippen MR) is 82.7 cm³/mol. The van der Waals surface area contributed by atoms with Gasteiger partial charge in [-0.05, 0) is 49.1 Å². The van der Waals surface area contributed by atoms with Crippen LogP contribution in [-0.2, 0) is 6.42 Å². The van der Waals surface area contributed by atoms with Crippen LogP contribution in [-0.4, -0.2) is 24.4 Å². The highest BCUT2D eigenvalue weighted by atomic mass is 19.1. The number of unbranched alkanes of at least 4 members (excludes halogenated alkanes) is 1. The van der Waals surface area contributed by atoms with Crippen LogP contribution in [0.1, 0.15) is 28.8 Å². The number of carbonyl (C=O) groups excluding carboxylic acids is 1. The van der Waals surface area contributed by atoms with Crippen molar-refractivity contribution in [3.63, 3.8) is 0 Å². The van der Waals surface area contributed by atoms with Gasteiger partial charge in [-0.25, -0.2) is 4.39 Å². The number of amides is 1. The Morgan fingerprint density at radius 2 is 1.67 bits per heavy atom. The van der Waals surface area contributed by atoms with Crippen LogP contribution in [0.25, 0.3) is 0 Å². The Hall–Kier alpha value is -2.16. The number of nitrogens with zero attached hydrogens (tertiary/aromatic N) is 1. The molecular weight excluding hydrogens is 265 g/mol. The van der Waals surface area contributed by atoms with Crippen LogP contribution in [0.3, 0.4) is 0 Å². The predicted octanol–water partition coefficient (Wildman–Crippen LogP) is 3.92. The molecule has 0 saturated carbocycles. The Morgan fingerprint density at radius 1 is 1.00 bits per heavy atom. The van der Waals surface area contributed by atoms with E-state index in [0.717, 1.165) is 19.3 Å². The van der Waals surface area contributed by atoms with E-state index in [9.17, 15) is 9.18 Å². The minimum atomic E-state index is -0.322. The first-order valence-electron chi connectivity index (χ1n) is 7.22. The standard InChI is InChI=1S/C18H20FNO/c1-20(18(21)16-10-12-17(19)13-11-16)14-6-5-9-15-7-3-2-4-8-15/h2-4,7-8,10-13H,5-6,9,14H2,1H3. The highest BCUT2D eigenvalue weighted by Gasteiger charge is 2.10. The molecular formula is C18H20FNO. The molecule has 1 amide bonds. The maximum atomic E-state index is 12.8. The second kappa shape index (κ2) is 7.58. The summed E-state index contributed by atoms with van der Waals surface area (Å²) in [6.45, 7) is 0.711. The topological polar surface area (TPSA) is 20.3 Å². The molecule has 0 spiro atoms. The highest BCUT2D eigenvalue weighted by molar-refractivity contribution is 5.93. The van der Waals surface area contributed by atoms with E-state index in [2.05, 4.69) is 12.1 Å². The van der Waals surface area contributed by atoms with Crippen molar-refractivity contribution >= 4 is 5.91 Å². The van der Waals surface area contributed by atoms with E-state index in [1.807, 2.05) is 18.2 Å². The van der Waals surface area contributed by atoms with Crippen molar-refractivity contribution in [3.8, 4) is 0 Å². The third-order valence-electron chi connectivity index (χ3n) is 3.49. The van der Waals surface area contributed by atoms with Crippen molar-refractivity contribution in [3.05, 3.63) is 71.5 Å². The van der Waals surface area contributed by atoms with Gasteiger partial charge in [0, 0.05) is 19.2 Å². The normalized spacial score (nSPS) is 10.4. The van der Waals surface area contributed by atoms with Gasteiger partial charge in [0.1, 0.15) is 5.82 Å². The lowest BCUT2D eigenvalue weighted by Crippen LogP contribution is -2.27. The van der Waals surface area contributed by atoms with Crippen LogP contribution in [0.15, 0.2) is 54.6 Å². The molecule has 0 aliphatic heterocycles. The zero-order valence-electron chi connectivity index (χ0n) is 12.3. The molecule has 0 N–H and O–H groups in total. The minimum Gasteiger partial charge on any atom is -0.342 e. The average Bonchev–Trinajstić information content (AvgIpc) is 2.52. The molecule has 2 aromatic carbocycles. The molecule has 0 atom stereocenters. The van der Waals surface area contributed by atoms with Crippen LogP contribution >= 0.6 is 0 Å². The maximum absolute atomic E-state index is 12.8. The van der Waals surface area contributed by atoms with E-state index < -0.39 is 0 Å². The molecule has 0 fully saturated rings. The lowest BCUT2D eigenvalue weighted by Gasteiger charge is -2.17. The van der Waals surface area contributed by atoms with Crippen LogP contribution in [0.4, 0.5) is 4.39 Å². The van der Waals surface area contributed by atoms with Gasteiger partial charge < -0.3 is 4.90 Å². The lowest BCUT2D eigenvalue weighted by molar-refractivity contribution is 0.0793. The smallest absolute Gasteiger partial charge is 0.253 e. The fraction of sp³-hybridized carbons (Fsp3) is 0.278. The summed E-state index contributed by atoms with van der Waals surface area (Å²) in [4.78, 5) is 13.8. The first-order chi connectivity index (χ1) is 10.2. The van der Waals surface area contributed by atoms with Crippen molar-refractivity contribution in [1.82, 2.24) is 4.90 Å². The second-order valence-electron chi connectivity index (χ2n) is 5.18. The summed E-state index contributed by atoms with van der Waals surface area (Å²) in [6, 6.07) is 16.0. The number of hydrogen-bond acceptors (Lipinski definition) is 1. The second-order valence-corrected chi connectivity index (χ2v) is 5.18. The van der Waals surface area contributed by atoms with Gasteiger partial charge in [0.2, 0.25) is 0 Å². The van der Waals surface area contributed by atoms with Gasteiger partial charge in [0.25, 0.3) is 5.91 Å². The molecule has 3 heteroatoms. The molecule has 0 saturated heterocycles. The molecule has 0 radical (unpaired) electrons. The lowest BCUT2D eigenvalue weighted by atomic mass is 10.1. The van der Waals surface area contributed by atoms with Crippen molar-refractivity contribution in [2.45, 2.75) is 19.3 Å². The van der Waals surface area contributed by atoms with Gasteiger partial charge in [-0.1, -0.05) is 30.3 Å². The third-order valence-corrected chi connectivity index (χ3v) is 3.49. The zero-order valence-corrected chi connectivity index (χ0v) is 12.3. The third kappa shape index (κ3) is 4.71. The van der Waals surface area contributed by atoms with Crippen molar-refractivity contribution in [2.75, 3.05) is 13.6 Å². The minimum absolute atomic E-state index is 0.0605. The summed E-state index contributed by atoms with van der Waals surface area (Å²) in [6.07, 6.45) is 3.03. The van der Waals surface area contributed by atoms with Gasteiger partial charge >= 0.3 is 0 Å². The summed E-state index contributed by atoms with van der Waals surface area (Å²) in [7, 11) is 1.79. The van der Waals surface area contributed by atoms with E-state index in [0.29, 0.717) is 12.1 Å². The van der Waals surface area contributed by atoms with Crippen molar-refractivity contribution < 1.29 is 9.18 Å². The Labute approximate surface area is 125 Å². The van der Waals surface area contributed by atoms with Gasteiger partial charge in [-0.3, -0.25) is 4.79 Å². The van der Waals surface area contributed by atoms with Crippen LogP contribution in [0.2, 0.25) is 0 Å². The van der Waals surface area contributed by atoms with Crippen LogP contribution < -0.4 is 0 Å². The van der Waals surface area contributed by atoms with E-state index in [4.69, 9.17) is 0 Å². The summed E-state index contributed by atoms with van der Waals surface area (Å²) < 4.78 is 12.8. The number of benzene rings is 2. The van der Waals surface area contributed by atoms with Gasteiger partial charge in [0.05, 0.1) is 0 Å². The molecule has 0 aromatic heterocycles. The molecule has 0 heterocycles. The largest absolute Gasteiger partial charge is 0.342 e. The van der Waals surface area contributed by atoms with Gasteiger partial charge in [-0.2, -0.15) is 0 Å². The van der Waals surface area contributed by atoms with Gasteiger partial charge in [-0.15, -0.1) is 0 Å². The highest BCUT2D eigenvalue weighted by Crippen LogP contribution is 2.08. The Balaban J connectivity index is 1.75. The molecule has 0 unspecified atom stereocenters. The Bertz CT molecular complexity index is 566. The molecule has 2 nitrogen and oxygen atoms in total. The number of rotatable bonds is 6. The number of aryl methyl sites for hydroxylation is 1. The van der Waals surface area contributed by atoms with E-state index in [1.165, 1.54) is 29.8 Å². The average molecular weight is 285 g/mol. The first kappa shape index (κ1) is 15.2. The Morgan fingerprint density at radius 3 is 2.33 bits per heavy atom. The van der Waals surface area contributed by atoms with Crippen molar-refractivity contribution in [2.24, 2.45) is 0 Å². The maximum Gasteiger partial charge on any atom is 0.253 e. The molecule has 21 heavy (non-hydrogen) atoms.